The van der Waals surface area contributed by atoms with Crippen LogP contribution in [-0.4, -0.2) is 66.5 Å². The lowest BCUT2D eigenvalue weighted by Gasteiger charge is -2.55. The summed E-state index contributed by atoms with van der Waals surface area (Å²) >= 11 is 3.65. The fourth-order valence-electron chi connectivity index (χ4n) is 8.15. The summed E-state index contributed by atoms with van der Waals surface area (Å²) in [5.41, 5.74) is -1.06. The van der Waals surface area contributed by atoms with Gasteiger partial charge in [0.1, 0.15) is 23.5 Å². The number of Topliss-reactive ketones (excluding diaryl/α,β-unsaturated/α-hetero) is 2. The fraction of sp³-hybridized carbons (Fsp3) is 0.442. The van der Waals surface area contributed by atoms with Crippen molar-refractivity contribution in [2.45, 2.75) is 96.4 Å². The molecule has 1 fully saturated rings. The molecule has 1 heterocycles. The molecule has 296 valence electrons. The first-order chi connectivity index (χ1) is 26.2. The van der Waals surface area contributed by atoms with Crippen LogP contribution in [0.5, 0.6) is 11.6 Å². The van der Waals surface area contributed by atoms with E-state index in [1.807, 2.05) is 95.3 Å². The Labute approximate surface area is 336 Å². The van der Waals surface area contributed by atoms with E-state index >= 15 is 9.59 Å². The molecule has 4 atom stereocenters. The summed E-state index contributed by atoms with van der Waals surface area (Å²) in [6.45, 7) is 15.5. The zero-order valence-electron chi connectivity index (χ0n) is 33.5. The second-order valence-electron chi connectivity index (χ2n) is 17.8. The zero-order chi connectivity index (χ0) is 40.7. The van der Waals surface area contributed by atoms with Crippen molar-refractivity contribution >= 4 is 58.5 Å². The average molecular weight is 846 g/mol. The largest absolute Gasteiger partial charge is 0.514 e. The summed E-state index contributed by atoms with van der Waals surface area (Å²) in [5.74, 6) is -2.47. The molecule has 3 aliphatic carbocycles. The number of fused-ring (bicyclic) bond motifs is 5. The number of aromatic nitrogens is 1. The Morgan fingerprint density at radius 1 is 1.00 bits per heavy atom. The van der Waals surface area contributed by atoms with Crippen molar-refractivity contribution in [2.24, 2.45) is 11.8 Å². The van der Waals surface area contributed by atoms with E-state index in [4.69, 9.17) is 23.2 Å². The Bertz CT molecular complexity index is 2290. The first kappa shape index (κ1) is 39.9. The van der Waals surface area contributed by atoms with Crippen molar-refractivity contribution < 1.29 is 42.6 Å². The zero-order valence-corrected chi connectivity index (χ0v) is 36.1. The van der Waals surface area contributed by atoms with Gasteiger partial charge in [-0.1, -0.05) is 79.2 Å². The monoisotopic (exact) mass is 844 g/mol. The molecule has 4 aromatic rings. The Hall–Kier alpha value is -4.30. The maximum Gasteiger partial charge on any atom is 0.514 e. The van der Waals surface area contributed by atoms with Gasteiger partial charge in [-0.05, 0) is 106 Å². The minimum absolute atomic E-state index is 0.0235. The molecule has 0 bridgehead atoms. The number of carbonyl (C=O) groups excluding carboxylic acids is 3. The number of benzene rings is 3. The predicted molar refractivity (Wildman–Crippen MR) is 217 cm³/mol. The molecule has 7 rings (SSSR count). The van der Waals surface area contributed by atoms with E-state index in [9.17, 15) is 9.90 Å². The van der Waals surface area contributed by atoms with E-state index in [0.717, 1.165) is 15.4 Å². The molecule has 11 nitrogen and oxygen atoms in total. The number of aliphatic hydroxyl groups excluding tert-OH is 1. The molecule has 0 unspecified atom stereocenters. The smallest absolute Gasteiger partial charge is 0.507 e. The molecule has 56 heavy (non-hydrogen) atoms. The standard InChI is InChI=1S/C43H49BrN2O9Si/c1-41(2,3)53-40(50)52-35-26-17-14-18-29(44)27(26)20-24-19-25-21-28-33(46(7)8)36-32(39(45-54-36)51-22-23-15-12-11-13-16-23)38(49)43(28,55-56(9,10)42(4,5)6)37(48)31(25)34(47)30(24)35/h11-18,20,25,28,33,47H,19,21-22H2,1-10H3/t25-,28-,33-,43-/m0/s1. The summed E-state index contributed by atoms with van der Waals surface area (Å²) in [5, 5.41) is 17.7. The quantitative estimate of drug-likeness (QED) is 0.0824. The second kappa shape index (κ2) is 14.0. The number of hydrogen-bond acceptors (Lipinski definition) is 11. The van der Waals surface area contributed by atoms with Crippen molar-refractivity contribution in [3.8, 4) is 11.6 Å². The molecule has 3 aliphatic rings. The molecule has 0 aliphatic heterocycles. The highest BCUT2D eigenvalue weighted by Gasteiger charge is 2.69. The Balaban J connectivity index is 1.45. The first-order valence-electron chi connectivity index (χ1n) is 18.9. The normalized spacial score (nSPS) is 22.4. The number of hydrogen-bond donors (Lipinski definition) is 1. The number of aliphatic hydroxyl groups is 1. The van der Waals surface area contributed by atoms with Crippen LogP contribution >= 0.6 is 15.9 Å². The van der Waals surface area contributed by atoms with E-state index in [0.29, 0.717) is 29.6 Å². The van der Waals surface area contributed by atoms with Crippen LogP contribution in [0.25, 0.3) is 16.5 Å². The van der Waals surface area contributed by atoms with E-state index in [-0.39, 0.29) is 40.7 Å². The molecule has 0 saturated heterocycles. The van der Waals surface area contributed by atoms with E-state index in [1.54, 1.807) is 32.9 Å². The van der Waals surface area contributed by atoms with Gasteiger partial charge >= 0.3 is 6.16 Å². The number of carbonyl (C=O) groups is 3. The first-order valence-corrected chi connectivity index (χ1v) is 22.6. The molecule has 13 heteroatoms. The van der Waals surface area contributed by atoms with Crippen LogP contribution in [0.2, 0.25) is 18.1 Å². The van der Waals surface area contributed by atoms with Crippen LogP contribution in [0, 0.1) is 11.8 Å². The van der Waals surface area contributed by atoms with Crippen molar-refractivity contribution in [3.05, 3.63) is 92.7 Å². The van der Waals surface area contributed by atoms with Crippen LogP contribution < -0.4 is 9.47 Å². The number of halogens is 1. The van der Waals surface area contributed by atoms with Gasteiger partial charge in [-0.25, -0.2) is 4.79 Å². The van der Waals surface area contributed by atoms with Gasteiger partial charge in [0.2, 0.25) is 11.6 Å². The lowest BCUT2D eigenvalue weighted by molar-refractivity contribution is -0.140. The maximum absolute atomic E-state index is 15.8. The number of rotatable bonds is 7. The molecule has 0 radical (unpaired) electrons. The molecule has 1 saturated carbocycles. The molecule has 1 N–H and O–H groups in total. The third-order valence-corrected chi connectivity index (χ3v) is 16.8. The van der Waals surface area contributed by atoms with Gasteiger partial charge in [-0.2, -0.15) is 0 Å². The summed E-state index contributed by atoms with van der Waals surface area (Å²) in [7, 11) is 0.811. The third kappa shape index (κ3) is 6.59. The van der Waals surface area contributed by atoms with Crippen LogP contribution in [0.3, 0.4) is 0 Å². The van der Waals surface area contributed by atoms with Crippen molar-refractivity contribution in [3.63, 3.8) is 0 Å². The van der Waals surface area contributed by atoms with Crippen LogP contribution in [-0.2, 0) is 27.0 Å². The van der Waals surface area contributed by atoms with Gasteiger partial charge in [0.25, 0.3) is 5.88 Å². The Morgan fingerprint density at radius 2 is 1.70 bits per heavy atom. The van der Waals surface area contributed by atoms with Crippen molar-refractivity contribution in [1.82, 2.24) is 10.1 Å². The van der Waals surface area contributed by atoms with Crippen LogP contribution in [0.15, 0.2) is 69.2 Å². The average Bonchev–Trinajstić information content (AvgIpc) is 3.51. The van der Waals surface area contributed by atoms with Crippen molar-refractivity contribution in [1.29, 1.82) is 0 Å². The summed E-state index contributed by atoms with van der Waals surface area (Å²) in [6.07, 6.45) is -0.346. The molecule has 1 aromatic heterocycles. The molecular weight excluding hydrogens is 796 g/mol. The van der Waals surface area contributed by atoms with Gasteiger partial charge in [-0.15, -0.1) is 0 Å². The summed E-state index contributed by atoms with van der Waals surface area (Å²) in [6, 6.07) is 16.3. The van der Waals surface area contributed by atoms with Crippen molar-refractivity contribution in [2.75, 3.05) is 14.1 Å². The van der Waals surface area contributed by atoms with Crippen LogP contribution in [0.1, 0.15) is 86.8 Å². The van der Waals surface area contributed by atoms with Crippen LogP contribution in [0.4, 0.5) is 4.79 Å². The summed E-state index contributed by atoms with van der Waals surface area (Å²) in [4.78, 5) is 46.5. The summed E-state index contributed by atoms with van der Waals surface area (Å²) < 4.78 is 31.7. The SMILES string of the molecule is CN(C)[C@@H]1c2onc(OCc3ccccc3)c2C(=O)[C@@]2(O[Si](C)(C)C(C)(C)C)C(=O)C3=C(O)c4c(cc5c(Br)cccc5c4OC(=O)OC(C)(C)C)C[C@H]3C[C@@H]12. The minimum atomic E-state index is -2.94. The van der Waals surface area contributed by atoms with Gasteiger partial charge in [0, 0.05) is 21.3 Å². The molecular formula is C43H49BrN2O9Si. The van der Waals surface area contributed by atoms with Gasteiger partial charge in [-0.3, -0.25) is 14.5 Å². The molecule has 3 aromatic carbocycles. The lowest BCUT2D eigenvalue weighted by atomic mass is 9.57. The number of nitrogens with zero attached hydrogens (tertiary/aromatic N) is 2. The number of ether oxygens (including phenoxy) is 3. The third-order valence-electron chi connectivity index (χ3n) is 11.6. The molecule has 0 spiro atoms. The highest BCUT2D eigenvalue weighted by molar-refractivity contribution is 9.10. The Kier molecular flexibility index (Phi) is 9.95. The van der Waals surface area contributed by atoms with E-state index in [2.05, 4.69) is 21.1 Å². The van der Waals surface area contributed by atoms with Gasteiger partial charge < -0.3 is 28.3 Å². The van der Waals surface area contributed by atoms with Gasteiger partial charge in [0.15, 0.2) is 25.4 Å². The lowest BCUT2D eigenvalue weighted by Crippen LogP contribution is -2.68. The highest BCUT2D eigenvalue weighted by atomic mass is 79.9. The van der Waals surface area contributed by atoms with Gasteiger partial charge in [0.05, 0.1) is 11.6 Å². The number of ketones is 2. The fourth-order valence-corrected chi connectivity index (χ4v) is 10.1. The predicted octanol–water partition coefficient (Wildman–Crippen LogP) is 9.77. The topological polar surface area (TPSA) is 138 Å². The van der Waals surface area contributed by atoms with E-state index < -0.39 is 60.2 Å². The highest BCUT2D eigenvalue weighted by Crippen LogP contribution is 2.59. The Morgan fingerprint density at radius 3 is 2.34 bits per heavy atom. The van der Waals surface area contributed by atoms with E-state index in [1.165, 1.54) is 0 Å². The molecule has 0 amide bonds. The second-order valence-corrected chi connectivity index (χ2v) is 23.4. The minimum Gasteiger partial charge on any atom is -0.507 e. The maximum atomic E-state index is 15.8.